The van der Waals surface area contributed by atoms with E-state index in [0.29, 0.717) is 17.2 Å². The zero-order valence-electron chi connectivity index (χ0n) is 16.9. The van der Waals surface area contributed by atoms with E-state index in [1.54, 1.807) is 6.07 Å². The molecule has 5 heteroatoms. The summed E-state index contributed by atoms with van der Waals surface area (Å²) < 4.78 is 4.96. The number of aryl methyl sites for hydroxylation is 2. The van der Waals surface area contributed by atoms with Crippen LogP contribution in [0.15, 0.2) is 42.5 Å². The van der Waals surface area contributed by atoms with Crippen LogP contribution in [0.25, 0.3) is 0 Å². The number of carbonyl (C=O) groups is 3. The van der Waals surface area contributed by atoms with Crippen molar-refractivity contribution in [3.63, 3.8) is 0 Å². The number of ether oxygens (including phenoxy) is 1. The highest BCUT2D eigenvalue weighted by atomic mass is 16.5. The van der Waals surface area contributed by atoms with Gasteiger partial charge in [-0.05, 0) is 54.7 Å². The number of hydrogen-bond donors (Lipinski definition) is 1. The number of anilines is 1. The highest BCUT2D eigenvalue weighted by Crippen LogP contribution is 2.17. The first-order valence-corrected chi connectivity index (χ1v) is 9.42. The average Bonchev–Trinajstić information content (AvgIpc) is 2.67. The molecule has 5 nitrogen and oxygen atoms in total. The van der Waals surface area contributed by atoms with Gasteiger partial charge in [0.2, 0.25) is 0 Å². The Morgan fingerprint density at radius 2 is 1.61 bits per heavy atom. The number of esters is 1. The van der Waals surface area contributed by atoms with Crippen LogP contribution in [0.5, 0.6) is 0 Å². The molecule has 0 bridgehead atoms. The predicted molar refractivity (Wildman–Crippen MR) is 110 cm³/mol. The van der Waals surface area contributed by atoms with Crippen LogP contribution in [0.1, 0.15) is 59.7 Å². The Balaban J connectivity index is 1.74. The van der Waals surface area contributed by atoms with Crippen LogP contribution in [0.4, 0.5) is 5.69 Å². The van der Waals surface area contributed by atoms with Crippen LogP contribution in [-0.2, 0) is 14.3 Å². The molecule has 1 N–H and O–H groups in total. The van der Waals surface area contributed by atoms with Gasteiger partial charge < -0.3 is 10.1 Å². The van der Waals surface area contributed by atoms with Gasteiger partial charge in [-0.25, -0.2) is 0 Å². The lowest BCUT2D eigenvalue weighted by Gasteiger charge is -2.09. The van der Waals surface area contributed by atoms with Gasteiger partial charge in [-0.15, -0.1) is 0 Å². The number of benzene rings is 2. The van der Waals surface area contributed by atoms with Crippen molar-refractivity contribution in [3.05, 3.63) is 64.7 Å². The Kier molecular flexibility index (Phi) is 7.50. The first-order valence-electron chi connectivity index (χ1n) is 9.42. The van der Waals surface area contributed by atoms with Gasteiger partial charge in [0, 0.05) is 17.7 Å². The maximum absolute atomic E-state index is 12.2. The van der Waals surface area contributed by atoms with Gasteiger partial charge in [0.15, 0.2) is 12.4 Å². The second-order valence-corrected chi connectivity index (χ2v) is 7.21. The smallest absolute Gasteiger partial charge is 0.306 e. The molecular weight excluding hydrogens is 354 g/mol. The summed E-state index contributed by atoms with van der Waals surface area (Å²) in [6, 6.07) is 13.0. The van der Waals surface area contributed by atoms with E-state index in [9.17, 15) is 14.4 Å². The molecular formula is C23H27NO4. The summed E-state index contributed by atoms with van der Waals surface area (Å²) in [7, 11) is 0. The summed E-state index contributed by atoms with van der Waals surface area (Å²) >= 11 is 0. The van der Waals surface area contributed by atoms with Crippen LogP contribution in [-0.4, -0.2) is 24.3 Å². The normalized spacial score (nSPS) is 10.6. The maximum atomic E-state index is 12.2. The van der Waals surface area contributed by atoms with Crippen molar-refractivity contribution in [1.29, 1.82) is 0 Å². The third kappa shape index (κ3) is 6.34. The van der Waals surface area contributed by atoms with E-state index in [1.807, 2.05) is 50.2 Å². The fourth-order valence-corrected chi connectivity index (χ4v) is 2.64. The summed E-state index contributed by atoms with van der Waals surface area (Å²) in [6.07, 6.45) is 0.00173. The Morgan fingerprint density at radius 3 is 2.21 bits per heavy atom. The third-order valence-electron chi connectivity index (χ3n) is 4.61. The second kappa shape index (κ2) is 9.83. The quantitative estimate of drug-likeness (QED) is 0.537. The summed E-state index contributed by atoms with van der Waals surface area (Å²) in [5.41, 5.74) is 4.55. The van der Waals surface area contributed by atoms with Gasteiger partial charge in [0.1, 0.15) is 0 Å². The first-order chi connectivity index (χ1) is 13.3. The topological polar surface area (TPSA) is 72.5 Å². The molecule has 148 valence electrons. The minimum Gasteiger partial charge on any atom is -0.456 e. The molecule has 0 fully saturated rings. The molecule has 0 atom stereocenters. The lowest BCUT2D eigenvalue weighted by Crippen LogP contribution is -2.21. The molecule has 0 aliphatic carbocycles. The van der Waals surface area contributed by atoms with Crippen LogP contribution in [0.2, 0.25) is 0 Å². The minimum absolute atomic E-state index is 0.0534. The fraction of sp³-hybridized carbons (Fsp3) is 0.348. The van der Waals surface area contributed by atoms with Gasteiger partial charge in [0.25, 0.3) is 5.91 Å². The molecule has 2 aromatic rings. The number of Topliss-reactive ketones (excluding diaryl/α,β-unsaturated/α-hetero) is 1. The summed E-state index contributed by atoms with van der Waals surface area (Å²) in [5, 5.41) is 2.68. The van der Waals surface area contributed by atoms with Crippen molar-refractivity contribution in [1.82, 2.24) is 0 Å². The van der Waals surface area contributed by atoms with Gasteiger partial charge in [-0.2, -0.15) is 0 Å². The average molecular weight is 381 g/mol. The zero-order chi connectivity index (χ0) is 20.7. The van der Waals surface area contributed by atoms with E-state index in [4.69, 9.17) is 4.74 Å². The molecule has 0 saturated heterocycles. The SMILES string of the molecule is Cc1ccc(C(=O)CCC(=O)OCC(=O)Nc2ccc(C(C)C)cc2)cc1C. The third-order valence-corrected chi connectivity index (χ3v) is 4.61. The Bertz CT molecular complexity index is 853. The highest BCUT2D eigenvalue weighted by Gasteiger charge is 2.13. The van der Waals surface area contributed by atoms with Crippen molar-refractivity contribution in [3.8, 4) is 0 Å². The second-order valence-electron chi connectivity index (χ2n) is 7.21. The largest absolute Gasteiger partial charge is 0.456 e. The van der Waals surface area contributed by atoms with Crippen molar-refractivity contribution >= 4 is 23.3 Å². The minimum atomic E-state index is -0.567. The number of nitrogens with one attached hydrogen (secondary N) is 1. The number of rotatable bonds is 8. The molecule has 1 amide bonds. The first kappa shape index (κ1) is 21.4. The Hall–Kier alpha value is -2.95. The van der Waals surface area contributed by atoms with Crippen LogP contribution >= 0.6 is 0 Å². The van der Waals surface area contributed by atoms with Gasteiger partial charge >= 0.3 is 5.97 Å². The molecule has 0 unspecified atom stereocenters. The highest BCUT2D eigenvalue weighted by molar-refractivity contribution is 5.98. The molecule has 0 saturated carbocycles. The summed E-state index contributed by atoms with van der Waals surface area (Å²) in [4.78, 5) is 35.9. The standard InChI is InChI=1S/C23H27NO4/c1-15(2)18-7-9-20(10-8-18)24-22(26)14-28-23(27)12-11-21(25)19-6-5-16(3)17(4)13-19/h5-10,13,15H,11-12,14H2,1-4H3,(H,24,26). The molecule has 0 aromatic heterocycles. The molecule has 0 heterocycles. The fourth-order valence-electron chi connectivity index (χ4n) is 2.64. The van der Waals surface area contributed by atoms with Crippen LogP contribution < -0.4 is 5.32 Å². The molecule has 28 heavy (non-hydrogen) atoms. The number of amides is 1. The molecule has 0 aliphatic heterocycles. The van der Waals surface area contributed by atoms with Gasteiger partial charge in [-0.3, -0.25) is 14.4 Å². The molecule has 0 spiro atoms. The lowest BCUT2D eigenvalue weighted by atomic mass is 10.0. The zero-order valence-corrected chi connectivity index (χ0v) is 16.9. The maximum Gasteiger partial charge on any atom is 0.306 e. The summed E-state index contributed by atoms with van der Waals surface area (Å²) in [6.45, 7) is 7.73. The monoisotopic (exact) mass is 381 g/mol. The molecule has 2 aromatic carbocycles. The van der Waals surface area contributed by atoms with E-state index < -0.39 is 11.9 Å². The molecule has 2 rings (SSSR count). The number of carbonyl (C=O) groups excluding carboxylic acids is 3. The van der Waals surface area contributed by atoms with E-state index in [1.165, 1.54) is 5.56 Å². The van der Waals surface area contributed by atoms with Crippen molar-refractivity contribution in [2.45, 2.75) is 46.5 Å². The molecule has 0 aliphatic rings. The summed E-state index contributed by atoms with van der Waals surface area (Å²) in [5.74, 6) is -0.680. The van der Waals surface area contributed by atoms with Gasteiger partial charge in [-0.1, -0.05) is 38.1 Å². The van der Waals surface area contributed by atoms with Crippen LogP contribution in [0, 0.1) is 13.8 Å². The Labute approximate surface area is 166 Å². The van der Waals surface area contributed by atoms with Crippen molar-refractivity contribution in [2.75, 3.05) is 11.9 Å². The van der Waals surface area contributed by atoms with Crippen molar-refractivity contribution in [2.24, 2.45) is 0 Å². The molecule has 0 radical (unpaired) electrons. The van der Waals surface area contributed by atoms with E-state index in [-0.39, 0.29) is 25.2 Å². The predicted octanol–water partition coefficient (Wildman–Crippen LogP) is 4.57. The lowest BCUT2D eigenvalue weighted by molar-refractivity contribution is -0.147. The van der Waals surface area contributed by atoms with Crippen molar-refractivity contribution < 1.29 is 19.1 Å². The number of hydrogen-bond acceptors (Lipinski definition) is 4. The van der Waals surface area contributed by atoms with E-state index in [2.05, 4.69) is 19.2 Å². The van der Waals surface area contributed by atoms with E-state index >= 15 is 0 Å². The Morgan fingerprint density at radius 1 is 0.929 bits per heavy atom. The van der Waals surface area contributed by atoms with Crippen LogP contribution in [0.3, 0.4) is 0 Å². The van der Waals surface area contributed by atoms with E-state index in [0.717, 1.165) is 11.1 Å². The number of ketones is 1. The van der Waals surface area contributed by atoms with Gasteiger partial charge in [0.05, 0.1) is 6.42 Å².